The van der Waals surface area contributed by atoms with Gasteiger partial charge in [-0.3, -0.25) is 4.79 Å². The van der Waals surface area contributed by atoms with E-state index in [2.05, 4.69) is 20.7 Å². The molecule has 2 rings (SSSR count). The second-order valence-electron chi connectivity index (χ2n) is 4.90. The lowest BCUT2D eigenvalue weighted by atomic mass is 10.2. The van der Waals surface area contributed by atoms with Gasteiger partial charge in [0.05, 0.1) is 6.54 Å². The third-order valence-corrected chi connectivity index (χ3v) is 6.57. The van der Waals surface area contributed by atoms with Gasteiger partial charge in [0, 0.05) is 23.1 Å². The maximum absolute atomic E-state index is 13.8. The number of rotatable bonds is 7. The van der Waals surface area contributed by atoms with Crippen molar-refractivity contribution < 1.29 is 17.6 Å². The van der Waals surface area contributed by atoms with Crippen molar-refractivity contribution in [2.24, 2.45) is 0 Å². The molecular weight excluding hydrogens is 419 g/mol. The average Bonchev–Trinajstić information content (AvgIpc) is 3.09. The molecule has 0 aliphatic carbocycles. The van der Waals surface area contributed by atoms with Gasteiger partial charge in [-0.25, -0.2) is 17.5 Å². The lowest BCUT2D eigenvalue weighted by molar-refractivity contribution is -0.130. The molecule has 1 N–H and O–H groups in total. The number of hydrogen-bond donors (Lipinski definition) is 1. The first-order valence-corrected chi connectivity index (χ1v) is 10.2. The molecule has 5 nitrogen and oxygen atoms in total. The zero-order valence-corrected chi connectivity index (χ0v) is 16.0. The molecule has 24 heavy (non-hydrogen) atoms. The van der Waals surface area contributed by atoms with Crippen molar-refractivity contribution in [1.82, 2.24) is 9.62 Å². The maximum atomic E-state index is 13.8. The molecule has 9 heteroatoms. The second-order valence-corrected chi connectivity index (χ2v) is 8.76. The normalized spacial score (nSPS) is 11.5. The highest BCUT2D eigenvalue weighted by atomic mass is 79.9. The van der Waals surface area contributed by atoms with Crippen LogP contribution in [0.15, 0.2) is 44.4 Å². The van der Waals surface area contributed by atoms with Crippen LogP contribution in [0.25, 0.3) is 0 Å². The Labute approximate surface area is 152 Å². The molecule has 1 aromatic heterocycles. The van der Waals surface area contributed by atoms with E-state index >= 15 is 0 Å². The van der Waals surface area contributed by atoms with Crippen molar-refractivity contribution in [3.8, 4) is 0 Å². The molecule has 1 heterocycles. The van der Waals surface area contributed by atoms with Crippen LogP contribution in [0.3, 0.4) is 0 Å². The van der Waals surface area contributed by atoms with Crippen molar-refractivity contribution in [3.63, 3.8) is 0 Å². The van der Waals surface area contributed by atoms with Gasteiger partial charge in [0.25, 0.3) is 10.0 Å². The molecule has 0 atom stereocenters. The third kappa shape index (κ3) is 4.85. The largest absolute Gasteiger partial charge is 0.337 e. The number of sulfonamides is 1. The highest BCUT2D eigenvalue weighted by molar-refractivity contribution is 9.10. The van der Waals surface area contributed by atoms with E-state index in [0.29, 0.717) is 16.6 Å². The van der Waals surface area contributed by atoms with E-state index in [4.69, 9.17) is 0 Å². The molecule has 0 radical (unpaired) electrons. The van der Waals surface area contributed by atoms with Crippen molar-refractivity contribution in [2.45, 2.75) is 17.7 Å². The summed E-state index contributed by atoms with van der Waals surface area (Å²) in [4.78, 5) is 13.7. The smallest absolute Gasteiger partial charge is 0.250 e. The minimum atomic E-state index is -3.70. The number of amides is 1. The molecule has 0 unspecified atom stereocenters. The minimum absolute atomic E-state index is 0.0708. The van der Waals surface area contributed by atoms with Gasteiger partial charge in [0.15, 0.2) is 0 Å². The van der Waals surface area contributed by atoms with Crippen molar-refractivity contribution in [3.05, 3.63) is 51.6 Å². The van der Waals surface area contributed by atoms with Crippen LogP contribution in [0.1, 0.15) is 12.5 Å². The van der Waals surface area contributed by atoms with Gasteiger partial charge in [-0.2, -0.15) is 0 Å². The van der Waals surface area contributed by atoms with E-state index in [1.807, 2.05) is 0 Å². The second kappa shape index (κ2) is 8.19. The standard InChI is InChI=1S/C15H16BrFN2O3S2/c1-2-19(10-11-8-12(16)5-6-13(11)17)14(20)9-18-24(21,22)15-4-3-7-23-15/h3-8,18H,2,9-10H2,1H3. The number of halogens is 2. The Morgan fingerprint density at radius 2 is 2.12 bits per heavy atom. The summed E-state index contributed by atoms with van der Waals surface area (Å²) in [7, 11) is -3.70. The molecule has 0 saturated carbocycles. The Kier molecular flexibility index (Phi) is 6.50. The summed E-state index contributed by atoms with van der Waals surface area (Å²) in [5.41, 5.74) is 0.362. The first-order valence-electron chi connectivity index (χ1n) is 7.08. The van der Waals surface area contributed by atoms with Gasteiger partial charge >= 0.3 is 0 Å². The number of likely N-dealkylation sites (N-methyl/N-ethyl adjacent to an activating group) is 1. The van der Waals surface area contributed by atoms with Crippen LogP contribution in [0.5, 0.6) is 0 Å². The van der Waals surface area contributed by atoms with Crippen LogP contribution in [-0.4, -0.2) is 32.3 Å². The van der Waals surface area contributed by atoms with Gasteiger partial charge in [0.1, 0.15) is 10.0 Å². The van der Waals surface area contributed by atoms with E-state index < -0.39 is 21.7 Å². The summed E-state index contributed by atoms with van der Waals surface area (Å²) in [5, 5.41) is 1.64. The number of benzene rings is 1. The summed E-state index contributed by atoms with van der Waals surface area (Å²) < 4.78 is 41.0. The fourth-order valence-electron chi connectivity index (χ4n) is 2.00. The summed E-state index contributed by atoms with van der Waals surface area (Å²) in [6, 6.07) is 7.58. The van der Waals surface area contributed by atoms with E-state index in [1.54, 1.807) is 30.5 Å². The number of hydrogen-bond acceptors (Lipinski definition) is 4. The summed E-state index contributed by atoms with van der Waals surface area (Å²) in [6.07, 6.45) is 0. The third-order valence-electron chi connectivity index (χ3n) is 3.28. The van der Waals surface area contributed by atoms with E-state index in [1.165, 1.54) is 17.0 Å². The van der Waals surface area contributed by atoms with Crippen LogP contribution in [0.2, 0.25) is 0 Å². The maximum Gasteiger partial charge on any atom is 0.250 e. The van der Waals surface area contributed by atoms with Crippen molar-refractivity contribution >= 4 is 43.2 Å². The Balaban J connectivity index is 2.03. The van der Waals surface area contributed by atoms with Crippen LogP contribution in [-0.2, 0) is 21.4 Å². The summed E-state index contributed by atoms with van der Waals surface area (Å²) in [6.45, 7) is 1.79. The van der Waals surface area contributed by atoms with Crippen LogP contribution >= 0.6 is 27.3 Å². The molecule has 0 saturated heterocycles. The predicted molar refractivity (Wildman–Crippen MR) is 94.7 cm³/mol. The van der Waals surface area contributed by atoms with E-state index in [9.17, 15) is 17.6 Å². The summed E-state index contributed by atoms with van der Waals surface area (Å²) >= 11 is 4.34. The highest BCUT2D eigenvalue weighted by Gasteiger charge is 2.20. The average molecular weight is 435 g/mol. The molecule has 130 valence electrons. The highest BCUT2D eigenvalue weighted by Crippen LogP contribution is 2.18. The van der Waals surface area contributed by atoms with Gasteiger partial charge in [-0.05, 0) is 36.6 Å². The topological polar surface area (TPSA) is 66.5 Å². The van der Waals surface area contributed by atoms with Gasteiger partial charge < -0.3 is 4.90 Å². The van der Waals surface area contributed by atoms with Gasteiger partial charge in [0.2, 0.25) is 5.91 Å². The van der Waals surface area contributed by atoms with Crippen LogP contribution in [0.4, 0.5) is 4.39 Å². The molecule has 1 aromatic carbocycles. The monoisotopic (exact) mass is 434 g/mol. The lowest BCUT2D eigenvalue weighted by Gasteiger charge is -2.21. The number of carbonyl (C=O) groups excluding carboxylic acids is 1. The first-order chi connectivity index (χ1) is 11.3. The number of nitrogens with one attached hydrogen (secondary N) is 1. The molecule has 2 aromatic rings. The van der Waals surface area contributed by atoms with Crippen LogP contribution < -0.4 is 4.72 Å². The zero-order valence-electron chi connectivity index (χ0n) is 12.8. The minimum Gasteiger partial charge on any atom is -0.337 e. The first kappa shape index (κ1) is 19.0. The molecule has 0 aliphatic heterocycles. The Morgan fingerprint density at radius 3 is 2.75 bits per heavy atom. The zero-order chi connectivity index (χ0) is 17.7. The Bertz CT molecular complexity index is 810. The Hall–Kier alpha value is -1.29. The fourth-order valence-corrected chi connectivity index (χ4v) is 4.42. The molecule has 0 bridgehead atoms. The predicted octanol–water partition coefficient (Wildman–Crippen LogP) is 2.98. The van der Waals surface area contributed by atoms with E-state index in [0.717, 1.165) is 11.3 Å². The lowest BCUT2D eigenvalue weighted by Crippen LogP contribution is -2.39. The molecule has 1 amide bonds. The number of thiophene rings is 1. The Morgan fingerprint density at radius 1 is 1.38 bits per heavy atom. The van der Waals surface area contributed by atoms with Gasteiger partial charge in [-0.15, -0.1) is 11.3 Å². The van der Waals surface area contributed by atoms with Crippen molar-refractivity contribution in [1.29, 1.82) is 0 Å². The van der Waals surface area contributed by atoms with Gasteiger partial charge in [-0.1, -0.05) is 22.0 Å². The number of nitrogens with zero attached hydrogens (tertiary/aromatic N) is 1. The van der Waals surface area contributed by atoms with Crippen molar-refractivity contribution in [2.75, 3.05) is 13.1 Å². The van der Waals surface area contributed by atoms with E-state index in [-0.39, 0.29) is 17.3 Å². The SMILES string of the molecule is CCN(Cc1cc(Br)ccc1F)C(=O)CNS(=O)(=O)c1cccs1. The number of carbonyl (C=O) groups is 1. The van der Waals surface area contributed by atoms with Crippen LogP contribution in [0, 0.1) is 5.82 Å². The molecule has 0 aliphatic rings. The molecular formula is C15H16BrFN2O3S2. The summed E-state index contributed by atoms with van der Waals surface area (Å²) in [5.74, 6) is -0.833. The fraction of sp³-hybridized carbons (Fsp3) is 0.267. The molecule has 0 spiro atoms. The molecule has 0 fully saturated rings. The quantitative estimate of drug-likeness (QED) is 0.728.